The molecule has 1 aromatic heterocycles. The highest BCUT2D eigenvalue weighted by molar-refractivity contribution is 7.90. The van der Waals surface area contributed by atoms with Gasteiger partial charge in [-0.3, -0.25) is 19.8 Å². The average molecular weight is 1000 g/mol. The zero-order chi connectivity index (χ0) is 49.7. The Bertz CT molecular complexity index is 3050. The largest absolute Gasteiger partial charge is 0.456 e. The summed E-state index contributed by atoms with van der Waals surface area (Å²) < 4.78 is 41.7. The van der Waals surface area contributed by atoms with E-state index in [1.165, 1.54) is 28.8 Å². The average Bonchev–Trinajstić information content (AvgIpc) is 3.84. The van der Waals surface area contributed by atoms with Crippen molar-refractivity contribution in [3.05, 3.63) is 159 Å². The van der Waals surface area contributed by atoms with Gasteiger partial charge < -0.3 is 29.6 Å². The van der Waals surface area contributed by atoms with Crippen LogP contribution in [0.5, 0.6) is 11.5 Å². The third kappa shape index (κ3) is 12.0. The molecule has 1 aliphatic carbocycles. The Labute approximate surface area is 419 Å². The third-order valence-electron chi connectivity index (χ3n) is 13.9. The third-order valence-corrected chi connectivity index (χ3v) is 15.4. The van der Waals surface area contributed by atoms with Gasteiger partial charge in [0.05, 0.1) is 15.4 Å². The van der Waals surface area contributed by atoms with Crippen molar-refractivity contribution in [3.63, 3.8) is 0 Å². The number of carbonyl (C=O) groups excluding carboxylic acids is 2. The first kappa shape index (κ1) is 49.1. The number of halogens is 1. The predicted octanol–water partition coefficient (Wildman–Crippen LogP) is 10.9. The van der Waals surface area contributed by atoms with Gasteiger partial charge in [-0.1, -0.05) is 73.5 Å². The second-order valence-corrected chi connectivity index (χ2v) is 21.5. The van der Waals surface area contributed by atoms with E-state index in [0.29, 0.717) is 38.2 Å². The normalized spacial score (nSPS) is 16.7. The first-order valence-electron chi connectivity index (χ1n) is 24.0. The molecule has 3 aliphatic rings. The number of amides is 2. The van der Waals surface area contributed by atoms with E-state index in [1.807, 2.05) is 66.9 Å². The molecular formula is C54H58ClN7O8S. The number of likely N-dealkylation sites (tertiary alicyclic amines) is 1. The highest BCUT2D eigenvalue weighted by atomic mass is 35.5. The molecule has 0 bridgehead atoms. The number of nitro benzene ring substituents is 1. The SMILES string of the molecule is CC1(C)CCC(CN2CCN(c3ccc(C(=O)NS(=O)(=O)c4ccc(NCC5CCN(C(=O)OCc6ccccc6)CC5)c([N+](=O)[O-])c4)c(Oc4ccc5[nH]ccc5c4)c3)CC2)=C(c2ccc(Cl)cc2)C1. The van der Waals surface area contributed by atoms with Gasteiger partial charge in [-0.15, -0.1) is 0 Å². The second kappa shape index (κ2) is 21.2. The van der Waals surface area contributed by atoms with Gasteiger partial charge in [0.1, 0.15) is 23.8 Å². The Morgan fingerprint density at radius 1 is 0.887 bits per heavy atom. The molecule has 6 aromatic rings. The van der Waals surface area contributed by atoms with Crippen LogP contribution in [-0.2, 0) is 21.4 Å². The molecule has 2 amide bonds. The number of ether oxygens (including phenoxy) is 2. The summed E-state index contributed by atoms with van der Waals surface area (Å²) in [6.07, 6.45) is 5.89. The minimum absolute atomic E-state index is 0.0321. The number of piperazine rings is 1. The number of aromatic amines is 1. The lowest BCUT2D eigenvalue weighted by Crippen LogP contribution is -2.47. The van der Waals surface area contributed by atoms with Crippen molar-refractivity contribution in [3.8, 4) is 11.5 Å². The van der Waals surface area contributed by atoms with Crippen LogP contribution in [0.1, 0.15) is 67.4 Å². The van der Waals surface area contributed by atoms with Crippen LogP contribution in [0, 0.1) is 21.4 Å². The van der Waals surface area contributed by atoms with Gasteiger partial charge in [0.15, 0.2) is 0 Å². The van der Waals surface area contributed by atoms with Crippen LogP contribution in [0.4, 0.5) is 21.9 Å². The number of aromatic nitrogens is 1. The lowest BCUT2D eigenvalue weighted by molar-refractivity contribution is -0.384. The number of rotatable bonds is 15. The minimum atomic E-state index is -4.61. The molecule has 17 heteroatoms. The smallest absolute Gasteiger partial charge is 0.410 e. The van der Waals surface area contributed by atoms with Crippen LogP contribution in [0.25, 0.3) is 16.5 Å². The summed E-state index contributed by atoms with van der Waals surface area (Å²) in [5.41, 5.74) is 6.56. The van der Waals surface area contributed by atoms with Crippen molar-refractivity contribution in [2.24, 2.45) is 11.3 Å². The molecule has 2 aliphatic heterocycles. The van der Waals surface area contributed by atoms with Crippen LogP contribution in [0.2, 0.25) is 5.02 Å². The van der Waals surface area contributed by atoms with E-state index in [-0.39, 0.29) is 34.9 Å². The summed E-state index contributed by atoms with van der Waals surface area (Å²) >= 11 is 6.26. The Balaban J connectivity index is 0.864. The predicted molar refractivity (Wildman–Crippen MR) is 277 cm³/mol. The monoisotopic (exact) mass is 999 g/mol. The van der Waals surface area contributed by atoms with Crippen LogP contribution in [0.3, 0.4) is 0 Å². The van der Waals surface area contributed by atoms with Gasteiger partial charge in [-0.25, -0.2) is 17.9 Å². The molecule has 0 unspecified atom stereocenters. The Morgan fingerprint density at radius 2 is 1.65 bits per heavy atom. The number of fused-ring (bicyclic) bond motifs is 1. The zero-order valence-corrected chi connectivity index (χ0v) is 41.4. The molecule has 0 saturated carbocycles. The van der Waals surface area contributed by atoms with Crippen molar-refractivity contribution >= 4 is 67.2 Å². The maximum absolute atomic E-state index is 14.1. The number of nitro groups is 1. The fourth-order valence-electron chi connectivity index (χ4n) is 9.70. The fraction of sp³-hybridized carbons (Fsp3) is 0.333. The van der Waals surface area contributed by atoms with Crippen LogP contribution in [0.15, 0.2) is 132 Å². The van der Waals surface area contributed by atoms with Gasteiger partial charge in [-0.05, 0) is 121 Å². The first-order chi connectivity index (χ1) is 34.2. The van der Waals surface area contributed by atoms with Crippen molar-refractivity contribution in [2.45, 2.75) is 57.5 Å². The van der Waals surface area contributed by atoms with Gasteiger partial charge in [-0.2, -0.15) is 0 Å². The number of hydrogen-bond acceptors (Lipinski definition) is 11. The van der Waals surface area contributed by atoms with Crippen molar-refractivity contribution < 1.29 is 32.4 Å². The van der Waals surface area contributed by atoms with Crippen molar-refractivity contribution in [2.75, 3.05) is 62.6 Å². The number of benzene rings is 5. The number of allylic oxidation sites excluding steroid dienone is 1. The number of nitrogens with one attached hydrogen (secondary N) is 3. The number of anilines is 2. The molecule has 9 rings (SSSR count). The lowest BCUT2D eigenvalue weighted by Gasteiger charge is -2.39. The number of piperidine rings is 1. The summed E-state index contributed by atoms with van der Waals surface area (Å²) in [7, 11) is -4.61. The van der Waals surface area contributed by atoms with Crippen molar-refractivity contribution in [1.82, 2.24) is 19.5 Å². The zero-order valence-electron chi connectivity index (χ0n) is 39.9. The van der Waals surface area contributed by atoms with Gasteiger partial charge in [0, 0.05) is 92.3 Å². The van der Waals surface area contributed by atoms with Crippen LogP contribution < -0.4 is 19.7 Å². The molecule has 5 aromatic carbocycles. The topological polar surface area (TPSA) is 179 Å². The lowest BCUT2D eigenvalue weighted by atomic mass is 9.72. The van der Waals surface area contributed by atoms with E-state index >= 15 is 0 Å². The second-order valence-electron chi connectivity index (χ2n) is 19.4. The number of carbonyl (C=O) groups is 2. The quantitative estimate of drug-likeness (QED) is 0.0658. The standard InChI is InChI=1S/C54H58ClN7O8S/c1-54(2)22-18-41(47(33-54)39-8-10-42(55)11-9-39)35-59-26-28-60(29-27-59)43-12-15-46(51(31-43)70-44-13-16-48-40(30-44)19-23-56-48)52(63)58-71(67,68)45-14-17-49(50(32-45)62(65)66)57-34-37-20-24-61(25-21-37)53(64)69-36-38-6-4-3-5-7-38/h3-17,19,23,30-32,37,56-57H,18,20-22,24-29,33-36H2,1-2H3,(H,58,63). The van der Waals surface area contributed by atoms with E-state index < -0.39 is 37.5 Å². The molecule has 0 spiro atoms. The summed E-state index contributed by atoms with van der Waals surface area (Å²) in [5, 5.41) is 17.1. The Kier molecular flexibility index (Phi) is 14.7. The summed E-state index contributed by atoms with van der Waals surface area (Å²) in [4.78, 5) is 47.5. The van der Waals surface area contributed by atoms with E-state index in [2.05, 4.69) is 50.8 Å². The number of sulfonamides is 1. The molecule has 0 atom stereocenters. The van der Waals surface area contributed by atoms with Gasteiger partial charge in [0.2, 0.25) is 0 Å². The van der Waals surface area contributed by atoms with E-state index in [0.717, 1.165) is 85.2 Å². The summed E-state index contributed by atoms with van der Waals surface area (Å²) in [6, 6.07) is 33.6. The highest BCUT2D eigenvalue weighted by Crippen LogP contribution is 2.43. The van der Waals surface area contributed by atoms with Crippen LogP contribution >= 0.6 is 11.6 Å². The molecule has 2 fully saturated rings. The van der Waals surface area contributed by atoms with E-state index in [1.54, 1.807) is 29.2 Å². The molecule has 0 radical (unpaired) electrons. The summed E-state index contributed by atoms with van der Waals surface area (Å²) in [6.45, 7) is 10.1. The molecule has 2 saturated heterocycles. The molecule has 3 N–H and O–H groups in total. The minimum Gasteiger partial charge on any atom is -0.456 e. The van der Waals surface area contributed by atoms with E-state index in [9.17, 15) is 28.1 Å². The maximum atomic E-state index is 14.1. The number of nitrogens with zero attached hydrogens (tertiary/aromatic N) is 4. The molecule has 71 heavy (non-hydrogen) atoms. The number of hydrogen-bond donors (Lipinski definition) is 3. The molecule has 15 nitrogen and oxygen atoms in total. The summed E-state index contributed by atoms with van der Waals surface area (Å²) in [5.74, 6) is -0.267. The highest BCUT2D eigenvalue weighted by Gasteiger charge is 2.31. The Hall–Kier alpha value is -6.88. The molecule has 370 valence electrons. The Morgan fingerprint density at radius 3 is 2.39 bits per heavy atom. The van der Waals surface area contributed by atoms with Crippen molar-refractivity contribution in [1.29, 1.82) is 0 Å². The first-order valence-corrected chi connectivity index (χ1v) is 25.9. The van der Waals surface area contributed by atoms with Gasteiger partial charge in [0.25, 0.3) is 21.6 Å². The fourth-order valence-corrected chi connectivity index (χ4v) is 10.8. The molecular weight excluding hydrogens is 942 g/mol. The van der Waals surface area contributed by atoms with E-state index in [4.69, 9.17) is 21.1 Å². The maximum Gasteiger partial charge on any atom is 0.410 e. The number of H-pyrrole nitrogens is 1. The molecule has 3 heterocycles. The van der Waals surface area contributed by atoms with Crippen LogP contribution in [-0.4, -0.2) is 92.5 Å². The van der Waals surface area contributed by atoms with Gasteiger partial charge >= 0.3 is 6.09 Å².